The van der Waals surface area contributed by atoms with Crippen molar-refractivity contribution >= 4 is 0 Å². The van der Waals surface area contributed by atoms with Crippen molar-refractivity contribution in [2.24, 2.45) is 0 Å². The zero-order valence-corrected chi connectivity index (χ0v) is 11.3. The standard InChI is InChI=1S/C17H14F2O/c1-3-12-4-6-13(7-5-12)8-9-14-10-11-15(18)16(19)17(14)20-2/h4-7,10-11H,3H2,1-2H3. The zero-order chi connectivity index (χ0) is 14.5. The molecule has 0 atom stereocenters. The highest BCUT2D eigenvalue weighted by molar-refractivity contribution is 5.50. The summed E-state index contributed by atoms with van der Waals surface area (Å²) < 4.78 is 31.5. The second kappa shape index (κ2) is 6.21. The summed E-state index contributed by atoms with van der Waals surface area (Å²) in [7, 11) is 1.29. The number of methoxy groups -OCH3 is 1. The van der Waals surface area contributed by atoms with Crippen LogP contribution in [-0.2, 0) is 6.42 Å². The summed E-state index contributed by atoms with van der Waals surface area (Å²) in [5.41, 5.74) is 2.36. The van der Waals surface area contributed by atoms with Gasteiger partial charge in [-0.25, -0.2) is 4.39 Å². The summed E-state index contributed by atoms with van der Waals surface area (Å²) in [5.74, 6) is 3.60. The lowest BCUT2D eigenvalue weighted by atomic mass is 10.1. The predicted octanol–water partition coefficient (Wildman–Crippen LogP) is 3.94. The highest BCUT2D eigenvalue weighted by Gasteiger charge is 2.12. The summed E-state index contributed by atoms with van der Waals surface area (Å²) in [5, 5.41) is 0. The minimum absolute atomic E-state index is 0.164. The van der Waals surface area contributed by atoms with E-state index in [2.05, 4.69) is 18.8 Å². The van der Waals surface area contributed by atoms with Gasteiger partial charge in [0.2, 0.25) is 5.82 Å². The van der Waals surface area contributed by atoms with E-state index in [0.717, 1.165) is 18.1 Å². The molecule has 2 aromatic carbocycles. The van der Waals surface area contributed by atoms with Gasteiger partial charge in [-0.1, -0.05) is 30.9 Å². The van der Waals surface area contributed by atoms with Gasteiger partial charge in [-0.2, -0.15) is 4.39 Å². The van der Waals surface area contributed by atoms with Gasteiger partial charge in [0, 0.05) is 5.56 Å². The third kappa shape index (κ3) is 2.97. The molecule has 0 amide bonds. The van der Waals surface area contributed by atoms with Gasteiger partial charge in [-0.15, -0.1) is 0 Å². The topological polar surface area (TPSA) is 9.23 Å². The zero-order valence-electron chi connectivity index (χ0n) is 11.3. The van der Waals surface area contributed by atoms with Crippen LogP contribution in [0.2, 0.25) is 0 Å². The second-order valence-electron chi connectivity index (χ2n) is 4.24. The first-order chi connectivity index (χ1) is 9.65. The van der Waals surface area contributed by atoms with Gasteiger partial charge < -0.3 is 4.74 Å². The first-order valence-corrected chi connectivity index (χ1v) is 6.28. The molecule has 0 spiro atoms. The highest BCUT2D eigenvalue weighted by atomic mass is 19.2. The van der Waals surface area contributed by atoms with Crippen molar-refractivity contribution in [2.45, 2.75) is 13.3 Å². The molecule has 2 rings (SSSR count). The average Bonchev–Trinajstić information content (AvgIpc) is 2.49. The molecule has 0 N–H and O–H groups in total. The molecule has 0 heterocycles. The molecule has 0 bridgehead atoms. The number of halogens is 2. The molecule has 0 aromatic heterocycles. The van der Waals surface area contributed by atoms with Crippen molar-refractivity contribution in [3.8, 4) is 17.6 Å². The highest BCUT2D eigenvalue weighted by Crippen LogP contribution is 2.24. The lowest BCUT2D eigenvalue weighted by molar-refractivity contribution is 0.370. The molecule has 0 aliphatic carbocycles. The van der Waals surface area contributed by atoms with E-state index in [1.165, 1.54) is 18.7 Å². The first-order valence-electron chi connectivity index (χ1n) is 6.28. The van der Waals surface area contributed by atoms with Crippen LogP contribution in [0.15, 0.2) is 36.4 Å². The minimum Gasteiger partial charge on any atom is -0.492 e. The Kier molecular flexibility index (Phi) is 4.37. The van der Waals surface area contributed by atoms with E-state index in [1.807, 2.05) is 24.3 Å². The van der Waals surface area contributed by atoms with Crippen LogP contribution in [0, 0.1) is 23.5 Å². The van der Waals surface area contributed by atoms with E-state index in [9.17, 15) is 8.78 Å². The lowest BCUT2D eigenvalue weighted by Crippen LogP contribution is -1.95. The first kappa shape index (κ1) is 14.1. The molecule has 0 fully saturated rings. The van der Waals surface area contributed by atoms with Gasteiger partial charge in [0.15, 0.2) is 11.6 Å². The number of ether oxygens (including phenoxy) is 1. The normalized spacial score (nSPS) is 9.80. The fraction of sp³-hybridized carbons (Fsp3) is 0.176. The molecule has 3 heteroatoms. The SMILES string of the molecule is CCc1ccc(C#Cc2ccc(F)c(F)c2OC)cc1. The maximum Gasteiger partial charge on any atom is 0.201 e. The monoisotopic (exact) mass is 272 g/mol. The Morgan fingerprint density at radius 2 is 1.70 bits per heavy atom. The molecular weight excluding hydrogens is 258 g/mol. The molecule has 0 aliphatic heterocycles. The Balaban J connectivity index is 2.35. The minimum atomic E-state index is -1.01. The molecule has 0 saturated heterocycles. The van der Waals surface area contributed by atoms with Crippen molar-refractivity contribution < 1.29 is 13.5 Å². The van der Waals surface area contributed by atoms with Crippen molar-refractivity contribution in [3.63, 3.8) is 0 Å². The van der Waals surface area contributed by atoms with Crippen LogP contribution < -0.4 is 4.74 Å². The van der Waals surface area contributed by atoms with Crippen LogP contribution in [0.3, 0.4) is 0 Å². The third-order valence-electron chi connectivity index (χ3n) is 2.96. The van der Waals surface area contributed by atoms with E-state index in [-0.39, 0.29) is 5.75 Å². The Morgan fingerprint density at radius 1 is 1.00 bits per heavy atom. The summed E-state index contributed by atoms with van der Waals surface area (Å²) >= 11 is 0. The van der Waals surface area contributed by atoms with Gasteiger partial charge in [0.05, 0.1) is 12.7 Å². The Morgan fingerprint density at radius 3 is 2.30 bits per heavy atom. The maximum absolute atomic E-state index is 13.5. The van der Waals surface area contributed by atoms with Crippen LogP contribution in [0.1, 0.15) is 23.6 Å². The number of aryl methyl sites for hydroxylation is 1. The fourth-order valence-corrected chi connectivity index (χ4v) is 1.79. The molecule has 0 saturated carbocycles. The van der Waals surface area contributed by atoms with E-state index < -0.39 is 11.6 Å². The summed E-state index contributed by atoms with van der Waals surface area (Å²) in [6.45, 7) is 2.08. The van der Waals surface area contributed by atoms with Gasteiger partial charge in [-0.3, -0.25) is 0 Å². The molecule has 102 valence electrons. The maximum atomic E-state index is 13.5. The quantitative estimate of drug-likeness (QED) is 0.752. The summed E-state index contributed by atoms with van der Waals surface area (Å²) in [6, 6.07) is 10.2. The van der Waals surface area contributed by atoms with Gasteiger partial charge in [0.25, 0.3) is 0 Å². The van der Waals surface area contributed by atoms with Crippen LogP contribution in [0.25, 0.3) is 0 Å². The molecule has 1 nitrogen and oxygen atoms in total. The number of rotatable bonds is 2. The van der Waals surface area contributed by atoms with Crippen molar-refractivity contribution in [2.75, 3.05) is 7.11 Å². The van der Waals surface area contributed by atoms with Gasteiger partial charge >= 0.3 is 0 Å². The predicted molar refractivity (Wildman–Crippen MR) is 74.7 cm³/mol. The van der Waals surface area contributed by atoms with E-state index >= 15 is 0 Å². The molecule has 0 unspecified atom stereocenters. The molecule has 0 radical (unpaired) electrons. The van der Waals surface area contributed by atoms with Gasteiger partial charge in [0.1, 0.15) is 0 Å². The molecule has 2 aromatic rings. The Labute approximate surface area is 117 Å². The molecule has 0 aliphatic rings. The average molecular weight is 272 g/mol. The van der Waals surface area contributed by atoms with E-state index in [0.29, 0.717) is 5.56 Å². The summed E-state index contributed by atoms with van der Waals surface area (Å²) in [6.07, 6.45) is 0.963. The second-order valence-corrected chi connectivity index (χ2v) is 4.24. The number of hydrogen-bond acceptors (Lipinski definition) is 1. The van der Waals surface area contributed by atoms with Crippen LogP contribution in [0.5, 0.6) is 5.75 Å². The van der Waals surface area contributed by atoms with Crippen molar-refractivity contribution in [1.29, 1.82) is 0 Å². The fourth-order valence-electron chi connectivity index (χ4n) is 1.79. The van der Waals surface area contributed by atoms with Crippen molar-refractivity contribution in [1.82, 2.24) is 0 Å². The summed E-state index contributed by atoms with van der Waals surface area (Å²) in [4.78, 5) is 0. The largest absolute Gasteiger partial charge is 0.492 e. The number of hydrogen-bond donors (Lipinski definition) is 0. The van der Waals surface area contributed by atoms with Crippen LogP contribution in [-0.4, -0.2) is 7.11 Å². The Bertz CT molecular complexity index is 664. The molecular formula is C17H14F2O. The van der Waals surface area contributed by atoms with Crippen LogP contribution in [0.4, 0.5) is 8.78 Å². The van der Waals surface area contributed by atoms with Crippen LogP contribution >= 0.6 is 0 Å². The molecule has 20 heavy (non-hydrogen) atoms. The lowest BCUT2D eigenvalue weighted by Gasteiger charge is -2.04. The van der Waals surface area contributed by atoms with Crippen molar-refractivity contribution in [3.05, 3.63) is 64.7 Å². The van der Waals surface area contributed by atoms with E-state index in [1.54, 1.807) is 0 Å². The smallest absolute Gasteiger partial charge is 0.201 e. The van der Waals surface area contributed by atoms with E-state index in [4.69, 9.17) is 4.74 Å². The van der Waals surface area contributed by atoms with Gasteiger partial charge in [-0.05, 0) is 36.2 Å². The Hall–Kier alpha value is -2.34. The number of benzene rings is 2. The third-order valence-corrected chi connectivity index (χ3v) is 2.96.